The molecule has 1 atom stereocenters. The largest absolute Gasteiger partial charge is 0.316 e. The summed E-state index contributed by atoms with van der Waals surface area (Å²) < 4.78 is 27.7. The molecular weight excluding hydrogens is 360 g/mol. The lowest BCUT2D eigenvalue weighted by molar-refractivity contribution is 0.376. The summed E-state index contributed by atoms with van der Waals surface area (Å²) in [6, 6.07) is 1.75. The lowest BCUT2D eigenvalue weighted by Gasteiger charge is -2.22. The van der Waals surface area contributed by atoms with Crippen molar-refractivity contribution in [1.82, 2.24) is 10.0 Å². The Balaban J connectivity index is 0.00000162. The summed E-state index contributed by atoms with van der Waals surface area (Å²) >= 11 is 4.48. The Labute approximate surface area is 126 Å². The van der Waals surface area contributed by atoms with Gasteiger partial charge in [-0.05, 0) is 59.2 Å². The number of piperidine rings is 1. The highest BCUT2D eigenvalue weighted by atomic mass is 79.9. The van der Waals surface area contributed by atoms with Crippen molar-refractivity contribution < 1.29 is 8.42 Å². The molecule has 0 saturated carbocycles. The molecule has 0 aromatic carbocycles. The van der Waals surface area contributed by atoms with Crippen LogP contribution in [0.2, 0.25) is 0 Å². The number of thiophene rings is 1. The van der Waals surface area contributed by atoms with Gasteiger partial charge < -0.3 is 5.32 Å². The molecule has 2 N–H and O–H groups in total. The molecule has 8 heteroatoms. The van der Waals surface area contributed by atoms with Crippen molar-refractivity contribution in [2.24, 2.45) is 5.92 Å². The first-order valence-corrected chi connectivity index (χ1v) is 8.68. The summed E-state index contributed by atoms with van der Waals surface area (Å²) in [5.74, 6) is 0.400. The Morgan fingerprint density at radius 3 is 2.89 bits per heavy atom. The molecule has 1 unspecified atom stereocenters. The highest BCUT2D eigenvalue weighted by Gasteiger charge is 2.21. The second-order valence-corrected chi connectivity index (χ2v) is 7.85. The average molecular weight is 376 g/mol. The topological polar surface area (TPSA) is 58.2 Å². The van der Waals surface area contributed by atoms with E-state index >= 15 is 0 Å². The molecule has 1 aromatic rings. The second kappa shape index (κ2) is 7.21. The molecule has 18 heavy (non-hydrogen) atoms. The van der Waals surface area contributed by atoms with E-state index in [1.807, 2.05) is 0 Å². The molecular formula is C10H16BrClN2O2S2. The fraction of sp³-hybridized carbons (Fsp3) is 0.600. The van der Waals surface area contributed by atoms with Gasteiger partial charge in [0, 0.05) is 11.0 Å². The molecule has 0 spiro atoms. The van der Waals surface area contributed by atoms with Crippen LogP contribution in [-0.2, 0) is 10.0 Å². The standard InChI is InChI=1S/C10H15BrN2O2S2.ClH/c11-9-3-5-16-10(9)17(14,15)13-7-8-2-1-4-12-6-8;/h3,5,8,12-13H,1-2,4,6-7H2;1H. The SMILES string of the molecule is Cl.O=S(=O)(NCC1CCCNC1)c1sccc1Br. The van der Waals surface area contributed by atoms with Gasteiger partial charge in [0.25, 0.3) is 10.0 Å². The molecule has 1 aliphatic heterocycles. The van der Waals surface area contributed by atoms with Crippen molar-refractivity contribution in [1.29, 1.82) is 0 Å². The summed E-state index contributed by atoms with van der Waals surface area (Å²) in [6.07, 6.45) is 2.20. The Hall–Kier alpha value is 0.340. The summed E-state index contributed by atoms with van der Waals surface area (Å²) in [5, 5.41) is 5.04. The van der Waals surface area contributed by atoms with Crippen molar-refractivity contribution in [3.63, 3.8) is 0 Å². The predicted molar refractivity (Wildman–Crippen MR) is 80.0 cm³/mol. The Morgan fingerprint density at radius 2 is 2.33 bits per heavy atom. The van der Waals surface area contributed by atoms with Crippen LogP contribution in [0.3, 0.4) is 0 Å². The van der Waals surface area contributed by atoms with Gasteiger partial charge in [0.2, 0.25) is 0 Å². The van der Waals surface area contributed by atoms with Crippen molar-refractivity contribution in [3.05, 3.63) is 15.9 Å². The van der Waals surface area contributed by atoms with Crippen LogP contribution in [0.15, 0.2) is 20.1 Å². The third kappa shape index (κ3) is 4.18. The Morgan fingerprint density at radius 1 is 1.56 bits per heavy atom. The zero-order chi connectivity index (χ0) is 12.3. The maximum atomic E-state index is 12.0. The zero-order valence-corrected chi connectivity index (χ0v) is 13.7. The van der Waals surface area contributed by atoms with E-state index in [0.717, 1.165) is 25.9 Å². The molecule has 0 bridgehead atoms. The Bertz CT molecular complexity index is 472. The number of halogens is 2. The van der Waals surface area contributed by atoms with Gasteiger partial charge in [-0.2, -0.15) is 0 Å². The van der Waals surface area contributed by atoms with Gasteiger partial charge >= 0.3 is 0 Å². The molecule has 1 fully saturated rings. The van der Waals surface area contributed by atoms with Gasteiger partial charge in [-0.15, -0.1) is 23.7 Å². The maximum Gasteiger partial charge on any atom is 0.251 e. The van der Waals surface area contributed by atoms with Crippen LogP contribution in [-0.4, -0.2) is 28.1 Å². The molecule has 4 nitrogen and oxygen atoms in total. The minimum Gasteiger partial charge on any atom is -0.316 e. The Kier molecular flexibility index (Phi) is 6.57. The van der Waals surface area contributed by atoms with Crippen molar-refractivity contribution >= 4 is 49.7 Å². The molecule has 104 valence electrons. The van der Waals surface area contributed by atoms with Crippen LogP contribution >= 0.6 is 39.7 Å². The highest BCUT2D eigenvalue weighted by Crippen LogP contribution is 2.27. The van der Waals surface area contributed by atoms with E-state index in [0.29, 0.717) is 21.1 Å². The van der Waals surface area contributed by atoms with Crippen molar-refractivity contribution in [3.8, 4) is 0 Å². The van der Waals surface area contributed by atoms with E-state index in [-0.39, 0.29) is 12.4 Å². The molecule has 1 saturated heterocycles. The fourth-order valence-corrected chi connectivity index (χ4v) is 5.36. The average Bonchev–Trinajstić information content (AvgIpc) is 2.75. The minimum atomic E-state index is -3.35. The lowest BCUT2D eigenvalue weighted by atomic mass is 10.0. The number of sulfonamides is 1. The van der Waals surface area contributed by atoms with Gasteiger partial charge in [-0.25, -0.2) is 13.1 Å². The first-order chi connectivity index (χ1) is 8.09. The number of hydrogen-bond acceptors (Lipinski definition) is 4. The molecule has 1 aromatic heterocycles. The molecule has 0 amide bonds. The third-order valence-electron chi connectivity index (χ3n) is 2.79. The fourth-order valence-electron chi connectivity index (χ4n) is 1.86. The maximum absolute atomic E-state index is 12.0. The van der Waals surface area contributed by atoms with E-state index < -0.39 is 10.0 Å². The normalized spacial score (nSPS) is 20.4. The van der Waals surface area contributed by atoms with Crippen LogP contribution in [0.1, 0.15) is 12.8 Å². The summed E-state index contributed by atoms with van der Waals surface area (Å²) in [5.41, 5.74) is 0. The van der Waals surface area contributed by atoms with Crippen molar-refractivity contribution in [2.75, 3.05) is 19.6 Å². The predicted octanol–water partition coefficient (Wildman–Crippen LogP) is 2.21. The van der Waals surface area contributed by atoms with Crippen molar-refractivity contribution in [2.45, 2.75) is 17.1 Å². The second-order valence-electron chi connectivity index (χ2n) is 4.12. The van der Waals surface area contributed by atoms with E-state index in [4.69, 9.17) is 0 Å². The van der Waals surface area contributed by atoms with Gasteiger partial charge in [0.1, 0.15) is 4.21 Å². The van der Waals surface area contributed by atoms with Gasteiger partial charge in [0.15, 0.2) is 0 Å². The number of nitrogens with one attached hydrogen (secondary N) is 2. The summed E-state index contributed by atoms with van der Waals surface area (Å²) in [7, 11) is -3.35. The molecule has 2 rings (SSSR count). The van der Waals surface area contributed by atoms with E-state index in [1.165, 1.54) is 11.3 Å². The first-order valence-electron chi connectivity index (χ1n) is 5.53. The summed E-state index contributed by atoms with van der Waals surface area (Å²) in [6.45, 7) is 2.45. The monoisotopic (exact) mass is 374 g/mol. The quantitative estimate of drug-likeness (QED) is 0.848. The third-order valence-corrected chi connectivity index (χ3v) is 6.88. The number of rotatable bonds is 4. The van der Waals surface area contributed by atoms with E-state index in [1.54, 1.807) is 11.4 Å². The summed E-state index contributed by atoms with van der Waals surface area (Å²) in [4.78, 5) is 0. The van der Waals surface area contributed by atoms with Gasteiger partial charge in [-0.1, -0.05) is 0 Å². The lowest BCUT2D eigenvalue weighted by Crippen LogP contribution is -2.37. The van der Waals surface area contributed by atoms with Crippen LogP contribution in [0.5, 0.6) is 0 Å². The highest BCUT2D eigenvalue weighted by molar-refractivity contribution is 9.10. The smallest absolute Gasteiger partial charge is 0.251 e. The van der Waals surface area contributed by atoms with E-state index in [2.05, 4.69) is 26.0 Å². The van der Waals surface area contributed by atoms with Crippen LogP contribution in [0, 0.1) is 5.92 Å². The minimum absolute atomic E-state index is 0. The number of hydrogen-bond donors (Lipinski definition) is 2. The van der Waals surface area contributed by atoms with Crippen LogP contribution in [0.4, 0.5) is 0 Å². The first kappa shape index (κ1) is 16.4. The van der Waals surface area contributed by atoms with Gasteiger partial charge in [0.05, 0.1) is 0 Å². The van der Waals surface area contributed by atoms with E-state index in [9.17, 15) is 8.42 Å². The zero-order valence-electron chi connectivity index (χ0n) is 9.69. The molecule has 0 radical (unpaired) electrons. The molecule has 2 heterocycles. The molecule has 1 aliphatic rings. The van der Waals surface area contributed by atoms with Crippen LogP contribution < -0.4 is 10.0 Å². The molecule has 0 aliphatic carbocycles. The van der Waals surface area contributed by atoms with Crippen LogP contribution in [0.25, 0.3) is 0 Å². The van der Waals surface area contributed by atoms with Gasteiger partial charge in [-0.3, -0.25) is 0 Å².